The lowest BCUT2D eigenvalue weighted by molar-refractivity contribution is 0.0833. The molecule has 3 aliphatic rings. The van der Waals surface area contributed by atoms with E-state index in [1.165, 1.54) is 56.3 Å². The van der Waals surface area contributed by atoms with E-state index in [0.717, 1.165) is 38.1 Å². The van der Waals surface area contributed by atoms with Gasteiger partial charge < -0.3 is 15.1 Å². The third kappa shape index (κ3) is 3.62. The largest absolute Gasteiger partial charge is 0.350 e. The zero-order chi connectivity index (χ0) is 22.5. The summed E-state index contributed by atoms with van der Waals surface area (Å²) in [4.78, 5) is 28.6. The molecule has 1 aromatic carbocycles. The third-order valence-corrected chi connectivity index (χ3v) is 8.77. The first-order valence-electron chi connectivity index (χ1n) is 12.2. The number of hydrogen-bond donors (Lipinski definition) is 1. The highest BCUT2D eigenvalue weighted by molar-refractivity contribution is 7.21. The van der Waals surface area contributed by atoms with Crippen LogP contribution in [0, 0.1) is 0 Å². The van der Waals surface area contributed by atoms with Gasteiger partial charge in [-0.05, 0) is 44.1 Å². The van der Waals surface area contributed by atoms with Gasteiger partial charge in [0.05, 0.1) is 5.39 Å². The lowest BCUT2D eigenvalue weighted by Gasteiger charge is -2.42. The van der Waals surface area contributed by atoms with Crippen LogP contribution in [0.5, 0.6) is 0 Å². The smallest absolute Gasteiger partial charge is 0.264 e. The molecule has 1 amide bonds. The number of nitrogens with zero attached hydrogens (tertiary/aromatic N) is 4. The number of amides is 1. The fraction of sp³-hybridized carbons (Fsp3) is 0.500. The summed E-state index contributed by atoms with van der Waals surface area (Å²) in [7, 11) is 3.63. The lowest BCUT2D eigenvalue weighted by Crippen LogP contribution is -2.52. The minimum absolute atomic E-state index is 0.0224. The van der Waals surface area contributed by atoms with Gasteiger partial charge in [-0.1, -0.05) is 36.8 Å². The summed E-state index contributed by atoms with van der Waals surface area (Å²) in [5.74, 6) is 1.04. The second kappa shape index (κ2) is 8.37. The van der Waals surface area contributed by atoms with Gasteiger partial charge in [0, 0.05) is 43.8 Å². The van der Waals surface area contributed by atoms with Crippen LogP contribution in [0.4, 0.5) is 5.82 Å². The molecule has 0 radical (unpaired) electrons. The van der Waals surface area contributed by atoms with Gasteiger partial charge in [-0.15, -0.1) is 11.3 Å². The van der Waals surface area contributed by atoms with Crippen molar-refractivity contribution in [2.75, 3.05) is 19.0 Å². The standard InChI is InChI=1S/C26H31N5OS/c1-30(2)26(32)23-21(16-7-4-3-5-8-16)22-24(27-15-28-25(22)33-23)31-19-11-12-20(31)14-18(13-19)29-17-9-6-10-17/h3-5,7-8,15,17-20,29H,6,9-14H2,1-2H3. The predicted octanol–water partition coefficient (Wildman–Crippen LogP) is 4.70. The molecular formula is C26H31N5OS. The van der Waals surface area contributed by atoms with E-state index in [2.05, 4.69) is 27.3 Å². The topological polar surface area (TPSA) is 61.4 Å². The Kier molecular flexibility index (Phi) is 5.34. The molecule has 7 heteroatoms. The minimum Gasteiger partial charge on any atom is -0.350 e. The number of aromatic nitrogens is 2. The molecule has 3 fully saturated rings. The number of benzene rings is 1. The van der Waals surface area contributed by atoms with Gasteiger partial charge >= 0.3 is 0 Å². The van der Waals surface area contributed by atoms with Gasteiger partial charge in [0.15, 0.2) is 0 Å². The maximum absolute atomic E-state index is 13.2. The highest BCUT2D eigenvalue weighted by Gasteiger charge is 2.43. The molecule has 2 bridgehead atoms. The number of anilines is 1. The second-order valence-corrected chi connectivity index (χ2v) is 11.0. The zero-order valence-corrected chi connectivity index (χ0v) is 20.1. The average Bonchev–Trinajstić information content (AvgIpc) is 3.31. The van der Waals surface area contributed by atoms with Crippen LogP contribution in [-0.2, 0) is 0 Å². The van der Waals surface area contributed by atoms with E-state index in [1.807, 2.05) is 32.3 Å². The fourth-order valence-electron chi connectivity index (χ4n) is 5.91. The van der Waals surface area contributed by atoms with Crippen LogP contribution in [-0.4, -0.2) is 59.0 Å². The first-order chi connectivity index (χ1) is 16.1. The van der Waals surface area contributed by atoms with Gasteiger partial charge in [0.25, 0.3) is 5.91 Å². The normalized spacial score (nSPS) is 24.8. The summed E-state index contributed by atoms with van der Waals surface area (Å²) in [6.45, 7) is 0. The molecular weight excluding hydrogens is 430 g/mol. The van der Waals surface area contributed by atoms with Crippen LogP contribution in [0.1, 0.15) is 54.6 Å². The van der Waals surface area contributed by atoms with E-state index >= 15 is 0 Å². The Morgan fingerprint density at radius 3 is 2.39 bits per heavy atom. The number of piperidine rings is 1. The van der Waals surface area contributed by atoms with Crippen molar-refractivity contribution >= 4 is 33.3 Å². The van der Waals surface area contributed by atoms with E-state index in [4.69, 9.17) is 4.98 Å². The molecule has 2 aromatic heterocycles. The summed E-state index contributed by atoms with van der Waals surface area (Å²) in [5.41, 5.74) is 2.04. The van der Waals surface area contributed by atoms with Crippen LogP contribution in [0.3, 0.4) is 0 Å². The number of fused-ring (bicyclic) bond motifs is 3. The third-order valence-electron chi connectivity index (χ3n) is 7.69. The predicted molar refractivity (Wildman–Crippen MR) is 134 cm³/mol. The van der Waals surface area contributed by atoms with Crippen molar-refractivity contribution in [3.05, 3.63) is 41.5 Å². The Morgan fingerprint density at radius 2 is 1.76 bits per heavy atom. The molecule has 6 rings (SSSR count). The molecule has 1 aliphatic carbocycles. The monoisotopic (exact) mass is 461 g/mol. The molecule has 1 saturated carbocycles. The van der Waals surface area contributed by atoms with E-state index < -0.39 is 0 Å². The molecule has 33 heavy (non-hydrogen) atoms. The Bertz CT molecular complexity index is 1160. The molecule has 3 aromatic rings. The van der Waals surface area contributed by atoms with Gasteiger partial charge in [0.2, 0.25) is 0 Å². The number of carbonyl (C=O) groups excluding carboxylic acids is 1. The van der Waals surface area contributed by atoms with Gasteiger partial charge in [-0.3, -0.25) is 4.79 Å². The Balaban J connectivity index is 1.44. The quantitative estimate of drug-likeness (QED) is 0.597. The summed E-state index contributed by atoms with van der Waals surface area (Å²) in [5, 5.41) is 4.97. The van der Waals surface area contributed by atoms with Crippen molar-refractivity contribution in [2.24, 2.45) is 0 Å². The molecule has 2 saturated heterocycles. The van der Waals surface area contributed by atoms with Crippen molar-refractivity contribution < 1.29 is 4.79 Å². The van der Waals surface area contributed by atoms with E-state index in [9.17, 15) is 4.79 Å². The highest BCUT2D eigenvalue weighted by atomic mass is 32.1. The van der Waals surface area contributed by atoms with Gasteiger partial charge in [0.1, 0.15) is 21.9 Å². The maximum Gasteiger partial charge on any atom is 0.264 e. The van der Waals surface area contributed by atoms with Crippen molar-refractivity contribution in [3.63, 3.8) is 0 Å². The van der Waals surface area contributed by atoms with Crippen LogP contribution in [0.25, 0.3) is 21.3 Å². The highest BCUT2D eigenvalue weighted by Crippen LogP contribution is 2.47. The molecule has 4 heterocycles. The average molecular weight is 462 g/mol. The summed E-state index contributed by atoms with van der Waals surface area (Å²) in [6, 6.07) is 12.6. The molecule has 2 unspecified atom stereocenters. The molecule has 0 spiro atoms. The van der Waals surface area contributed by atoms with E-state index in [0.29, 0.717) is 18.1 Å². The second-order valence-electron chi connectivity index (χ2n) is 10.0. The van der Waals surface area contributed by atoms with Crippen molar-refractivity contribution in [3.8, 4) is 11.1 Å². The number of rotatable bonds is 5. The van der Waals surface area contributed by atoms with E-state index in [-0.39, 0.29) is 5.91 Å². The first-order valence-corrected chi connectivity index (χ1v) is 13.0. The summed E-state index contributed by atoms with van der Waals surface area (Å²) >= 11 is 1.49. The van der Waals surface area contributed by atoms with Crippen LogP contribution < -0.4 is 10.2 Å². The lowest BCUT2D eigenvalue weighted by atomic mass is 9.89. The molecule has 2 atom stereocenters. The van der Waals surface area contributed by atoms with E-state index in [1.54, 1.807) is 11.2 Å². The minimum atomic E-state index is 0.0224. The molecule has 2 aliphatic heterocycles. The maximum atomic E-state index is 13.2. The zero-order valence-electron chi connectivity index (χ0n) is 19.3. The van der Waals surface area contributed by atoms with Crippen molar-refractivity contribution in [2.45, 2.75) is 69.1 Å². The van der Waals surface area contributed by atoms with Crippen LogP contribution >= 0.6 is 11.3 Å². The summed E-state index contributed by atoms with van der Waals surface area (Å²) in [6.07, 6.45) is 10.5. The van der Waals surface area contributed by atoms with Crippen LogP contribution in [0.15, 0.2) is 36.7 Å². The van der Waals surface area contributed by atoms with Gasteiger partial charge in [-0.2, -0.15) is 0 Å². The van der Waals surface area contributed by atoms with Crippen molar-refractivity contribution in [1.82, 2.24) is 20.2 Å². The fourth-order valence-corrected chi connectivity index (χ4v) is 7.10. The Labute approximate surface area is 199 Å². The number of nitrogens with one attached hydrogen (secondary N) is 1. The van der Waals surface area contributed by atoms with Crippen LogP contribution in [0.2, 0.25) is 0 Å². The Morgan fingerprint density at radius 1 is 1.03 bits per heavy atom. The molecule has 6 nitrogen and oxygen atoms in total. The van der Waals surface area contributed by atoms with Gasteiger partial charge in [-0.25, -0.2) is 9.97 Å². The molecule has 172 valence electrons. The number of thiophene rings is 1. The summed E-state index contributed by atoms with van der Waals surface area (Å²) < 4.78 is 0. The van der Waals surface area contributed by atoms with Crippen molar-refractivity contribution in [1.29, 1.82) is 0 Å². The first kappa shape index (κ1) is 21.1. The molecule has 1 N–H and O–H groups in total. The number of hydrogen-bond acceptors (Lipinski definition) is 6. The number of carbonyl (C=O) groups is 1. The Hall–Kier alpha value is -2.51. The SMILES string of the molecule is CN(C)C(=O)c1sc2ncnc(N3C4CCC3CC(NC3CCC3)C4)c2c1-c1ccccc1.